The lowest BCUT2D eigenvalue weighted by Crippen LogP contribution is -2.42. The molecular weight excluding hydrogens is 382 g/mol. The number of carbonyl (C=O) groups excluding carboxylic acids is 4. The Bertz CT molecular complexity index is 734. The van der Waals surface area contributed by atoms with Crippen molar-refractivity contribution in [2.24, 2.45) is 23.1 Å². The van der Waals surface area contributed by atoms with Gasteiger partial charge in [0, 0.05) is 0 Å². The van der Waals surface area contributed by atoms with Crippen LogP contribution >= 0.6 is 0 Å². The van der Waals surface area contributed by atoms with Crippen molar-refractivity contribution < 1.29 is 33.8 Å². The third-order valence-corrected chi connectivity index (χ3v) is 3.83. The summed E-state index contributed by atoms with van der Waals surface area (Å²) < 4.78 is 9.14. The molecule has 0 amide bonds. The fraction of sp³-hybridized carbons (Fsp3) is 0.474. The molecule has 0 aromatic heterocycles. The minimum absolute atomic E-state index is 0.0570. The average molecular weight is 409 g/mol. The maximum Gasteiger partial charge on any atom is 0.331 e. The van der Waals surface area contributed by atoms with E-state index in [0.29, 0.717) is 12.0 Å². The Balaban J connectivity index is 2.47. The first kappa shape index (κ1) is 24.2. The van der Waals surface area contributed by atoms with E-state index >= 15 is 0 Å². The SMILES string of the molecule is CC(C)C[C@H](N)C(=O)OC(=O)C[C@H](N)C(=O)OC(=O)[C@@H](N)Cc1ccc(O)cc1. The molecule has 0 bridgehead atoms. The molecule has 10 heteroatoms. The monoisotopic (exact) mass is 409 g/mol. The number of hydrogen-bond donors (Lipinski definition) is 4. The highest BCUT2D eigenvalue weighted by Crippen LogP contribution is 2.11. The molecule has 0 unspecified atom stereocenters. The van der Waals surface area contributed by atoms with E-state index in [0.717, 1.165) is 0 Å². The number of nitrogens with two attached hydrogens (primary N) is 3. The summed E-state index contributed by atoms with van der Waals surface area (Å²) in [6, 6.07) is 2.34. The number of phenolic OH excluding ortho intramolecular Hbond substituents is 1. The lowest BCUT2D eigenvalue weighted by atomic mass is 10.1. The van der Waals surface area contributed by atoms with E-state index < -0.39 is 48.4 Å². The molecule has 0 saturated heterocycles. The number of phenols is 1. The Morgan fingerprint density at radius 3 is 1.93 bits per heavy atom. The summed E-state index contributed by atoms with van der Waals surface area (Å²) in [5.74, 6) is -3.99. The first-order valence-corrected chi connectivity index (χ1v) is 9.04. The quantitative estimate of drug-likeness (QED) is 0.306. The van der Waals surface area contributed by atoms with Crippen molar-refractivity contribution in [2.45, 2.75) is 51.2 Å². The minimum Gasteiger partial charge on any atom is -0.508 e. The van der Waals surface area contributed by atoms with Crippen LogP contribution in [0.25, 0.3) is 0 Å². The number of carbonyl (C=O) groups is 4. The summed E-state index contributed by atoms with van der Waals surface area (Å²) in [7, 11) is 0. The smallest absolute Gasteiger partial charge is 0.331 e. The zero-order valence-corrected chi connectivity index (χ0v) is 16.4. The normalized spacial score (nSPS) is 14.0. The lowest BCUT2D eigenvalue weighted by Gasteiger charge is -2.14. The zero-order valence-electron chi connectivity index (χ0n) is 16.4. The van der Waals surface area contributed by atoms with E-state index in [2.05, 4.69) is 9.47 Å². The van der Waals surface area contributed by atoms with Crippen LogP contribution < -0.4 is 17.2 Å². The number of benzene rings is 1. The second kappa shape index (κ2) is 11.2. The average Bonchev–Trinajstić information content (AvgIpc) is 2.62. The molecular formula is C19H27N3O7. The van der Waals surface area contributed by atoms with Gasteiger partial charge in [-0.15, -0.1) is 0 Å². The molecule has 0 aliphatic rings. The largest absolute Gasteiger partial charge is 0.508 e. The standard InChI is InChI=1S/C19H27N3O7/c1-10(2)7-13(20)17(25)28-16(24)9-15(22)19(27)29-18(26)14(21)8-11-3-5-12(23)6-4-11/h3-6,10,13-15,23H,7-9,20-22H2,1-2H3/t13-,14-,15-/m0/s1. The Labute approximate surface area is 168 Å². The lowest BCUT2D eigenvalue weighted by molar-refractivity contribution is -0.167. The molecule has 0 aliphatic carbocycles. The van der Waals surface area contributed by atoms with Crippen LogP contribution in [-0.4, -0.2) is 47.1 Å². The number of aromatic hydroxyl groups is 1. The second-order valence-corrected chi connectivity index (χ2v) is 7.06. The molecule has 7 N–H and O–H groups in total. The first-order valence-electron chi connectivity index (χ1n) is 9.04. The maximum absolute atomic E-state index is 11.9. The third-order valence-electron chi connectivity index (χ3n) is 3.83. The van der Waals surface area contributed by atoms with Gasteiger partial charge in [-0.25, -0.2) is 14.4 Å². The summed E-state index contributed by atoms with van der Waals surface area (Å²) in [6.07, 6.45) is -0.279. The van der Waals surface area contributed by atoms with Crippen molar-refractivity contribution in [3.63, 3.8) is 0 Å². The Hall–Kier alpha value is -2.82. The van der Waals surface area contributed by atoms with Crippen LogP contribution in [0.1, 0.15) is 32.3 Å². The molecule has 1 rings (SSSR count). The Morgan fingerprint density at radius 1 is 0.862 bits per heavy atom. The van der Waals surface area contributed by atoms with Gasteiger partial charge in [-0.1, -0.05) is 26.0 Å². The molecule has 1 aromatic carbocycles. The van der Waals surface area contributed by atoms with Gasteiger partial charge >= 0.3 is 23.9 Å². The van der Waals surface area contributed by atoms with E-state index in [1.807, 2.05) is 13.8 Å². The molecule has 0 radical (unpaired) electrons. The second-order valence-electron chi connectivity index (χ2n) is 7.06. The van der Waals surface area contributed by atoms with Gasteiger partial charge in [0.25, 0.3) is 0 Å². The van der Waals surface area contributed by atoms with Gasteiger partial charge in [-0.05, 0) is 36.5 Å². The molecule has 160 valence electrons. The minimum atomic E-state index is -1.51. The number of ether oxygens (including phenoxy) is 2. The molecule has 0 aliphatic heterocycles. The Morgan fingerprint density at radius 2 is 1.38 bits per heavy atom. The molecule has 1 aromatic rings. The number of hydrogen-bond acceptors (Lipinski definition) is 10. The van der Waals surface area contributed by atoms with Crippen LogP contribution in [0.4, 0.5) is 0 Å². The van der Waals surface area contributed by atoms with Crippen LogP contribution in [0.2, 0.25) is 0 Å². The van der Waals surface area contributed by atoms with Crippen molar-refractivity contribution in [2.75, 3.05) is 0 Å². The summed E-state index contributed by atoms with van der Waals surface area (Å²) in [5.41, 5.74) is 17.5. The van der Waals surface area contributed by atoms with Crippen molar-refractivity contribution in [3.8, 4) is 5.75 Å². The highest BCUT2D eigenvalue weighted by molar-refractivity contribution is 5.94. The molecule has 0 saturated carbocycles. The topological polar surface area (TPSA) is 185 Å². The van der Waals surface area contributed by atoms with Gasteiger partial charge in [0.05, 0.1) is 6.42 Å². The zero-order chi connectivity index (χ0) is 22.1. The highest BCUT2D eigenvalue weighted by Gasteiger charge is 2.27. The molecule has 0 fully saturated rings. The van der Waals surface area contributed by atoms with Gasteiger partial charge in [0.15, 0.2) is 0 Å². The van der Waals surface area contributed by atoms with Crippen LogP contribution in [0, 0.1) is 5.92 Å². The van der Waals surface area contributed by atoms with Crippen molar-refractivity contribution in [1.82, 2.24) is 0 Å². The van der Waals surface area contributed by atoms with Crippen LogP contribution in [0.3, 0.4) is 0 Å². The van der Waals surface area contributed by atoms with Crippen LogP contribution in [-0.2, 0) is 35.1 Å². The van der Waals surface area contributed by atoms with Crippen molar-refractivity contribution >= 4 is 23.9 Å². The number of rotatable bonds is 9. The van der Waals surface area contributed by atoms with E-state index in [9.17, 15) is 24.3 Å². The summed E-state index contributed by atoms with van der Waals surface area (Å²) >= 11 is 0. The Kier molecular flexibility index (Phi) is 9.39. The van der Waals surface area contributed by atoms with Gasteiger partial charge < -0.3 is 31.8 Å². The van der Waals surface area contributed by atoms with Crippen LogP contribution in [0.5, 0.6) is 5.75 Å². The summed E-state index contributed by atoms with van der Waals surface area (Å²) in [6.45, 7) is 3.70. The number of esters is 4. The van der Waals surface area contributed by atoms with E-state index in [-0.39, 0.29) is 18.1 Å². The van der Waals surface area contributed by atoms with E-state index in [1.165, 1.54) is 12.1 Å². The van der Waals surface area contributed by atoms with Gasteiger partial charge in [-0.3, -0.25) is 4.79 Å². The summed E-state index contributed by atoms with van der Waals surface area (Å²) in [5, 5.41) is 9.23. The predicted octanol–water partition coefficient (Wildman–Crippen LogP) is -0.508. The molecule has 29 heavy (non-hydrogen) atoms. The van der Waals surface area contributed by atoms with Crippen molar-refractivity contribution in [1.29, 1.82) is 0 Å². The van der Waals surface area contributed by atoms with E-state index in [4.69, 9.17) is 17.2 Å². The van der Waals surface area contributed by atoms with Gasteiger partial charge in [-0.2, -0.15) is 0 Å². The fourth-order valence-corrected chi connectivity index (χ4v) is 2.32. The van der Waals surface area contributed by atoms with Crippen LogP contribution in [0.15, 0.2) is 24.3 Å². The molecule has 0 heterocycles. The molecule has 10 nitrogen and oxygen atoms in total. The summed E-state index contributed by atoms with van der Waals surface area (Å²) in [4.78, 5) is 47.2. The van der Waals surface area contributed by atoms with Gasteiger partial charge in [0.2, 0.25) is 0 Å². The van der Waals surface area contributed by atoms with Gasteiger partial charge in [0.1, 0.15) is 23.9 Å². The third kappa shape index (κ3) is 8.81. The molecule has 0 spiro atoms. The highest BCUT2D eigenvalue weighted by atomic mass is 16.6. The first-order chi connectivity index (χ1) is 13.5. The van der Waals surface area contributed by atoms with Crippen molar-refractivity contribution in [3.05, 3.63) is 29.8 Å². The van der Waals surface area contributed by atoms with E-state index in [1.54, 1.807) is 12.1 Å². The molecule has 3 atom stereocenters. The predicted molar refractivity (Wildman–Crippen MR) is 102 cm³/mol. The fourth-order valence-electron chi connectivity index (χ4n) is 2.32. The maximum atomic E-state index is 11.9.